The van der Waals surface area contributed by atoms with Crippen molar-refractivity contribution in [1.29, 1.82) is 0 Å². The number of para-hydroxylation sites is 1. The predicted octanol–water partition coefficient (Wildman–Crippen LogP) is 4.69. The number of aromatic nitrogens is 1. The van der Waals surface area contributed by atoms with Gasteiger partial charge in [-0.3, -0.25) is 9.59 Å². The summed E-state index contributed by atoms with van der Waals surface area (Å²) < 4.78 is 0. The summed E-state index contributed by atoms with van der Waals surface area (Å²) in [5.41, 5.74) is 4.59. The summed E-state index contributed by atoms with van der Waals surface area (Å²) in [5.74, 6) is -0.272. The van der Waals surface area contributed by atoms with E-state index in [1.807, 2.05) is 36.5 Å². The molecule has 3 N–H and O–H groups in total. The molecule has 0 radical (unpaired) electrons. The van der Waals surface area contributed by atoms with Gasteiger partial charge in [0, 0.05) is 47.7 Å². The third-order valence-electron chi connectivity index (χ3n) is 5.13. The molecule has 0 fully saturated rings. The number of aromatic amines is 1. The van der Waals surface area contributed by atoms with Gasteiger partial charge in [-0.15, -0.1) is 0 Å². The summed E-state index contributed by atoms with van der Waals surface area (Å²) >= 11 is 0. The van der Waals surface area contributed by atoms with Crippen LogP contribution in [0.4, 0.5) is 5.69 Å². The lowest BCUT2D eigenvalue weighted by Crippen LogP contribution is -2.28. The molecule has 4 rings (SSSR count). The molecule has 5 nitrogen and oxygen atoms in total. The molecule has 0 unspecified atom stereocenters. The van der Waals surface area contributed by atoms with E-state index in [0.29, 0.717) is 17.8 Å². The molecule has 1 atom stereocenters. The van der Waals surface area contributed by atoms with Crippen molar-refractivity contribution in [3.8, 4) is 0 Å². The minimum atomic E-state index is -0.148. The minimum Gasteiger partial charge on any atom is -0.361 e. The normalized spacial score (nSPS) is 11.8. The van der Waals surface area contributed by atoms with Gasteiger partial charge in [0.25, 0.3) is 5.91 Å². The molecule has 1 aromatic heterocycles. The van der Waals surface area contributed by atoms with E-state index in [4.69, 9.17) is 0 Å². The van der Waals surface area contributed by atoms with Crippen LogP contribution in [-0.2, 0) is 4.79 Å². The third kappa shape index (κ3) is 4.25. The van der Waals surface area contributed by atoms with Crippen molar-refractivity contribution >= 4 is 28.4 Å². The van der Waals surface area contributed by atoms with Crippen molar-refractivity contribution in [1.82, 2.24) is 10.3 Å². The first-order valence-corrected chi connectivity index (χ1v) is 9.88. The monoisotopic (exact) mass is 397 g/mol. The van der Waals surface area contributed by atoms with Gasteiger partial charge in [-0.05, 0) is 41.5 Å². The number of anilines is 1. The van der Waals surface area contributed by atoms with Crippen LogP contribution in [0.15, 0.2) is 85.1 Å². The molecule has 0 saturated heterocycles. The Balaban J connectivity index is 1.55. The Kier molecular flexibility index (Phi) is 5.61. The van der Waals surface area contributed by atoms with E-state index in [-0.39, 0.29) is 17.7 Å². The number of hydrogen-bond donors (Lipinski definition) is 3. The summed E-state index contributed by atoms with van der Waals surface area (Å²) in [6.07, 6.45) is 2.02. The van der Waals surface area contributed by atoms with Crippen LogP contribution >= 0.6 is 0 Å². The van der Waals surface area contributed by atoms with E-state index in [2.05, 4.69) is 39.9 Å². The molecule has 150 valence electrons. The maximum Gasteiger partial charge on any atom is 0.251 e. The molecule has 0 aliphatic carbocycles. The summed E-state index contributed by atoms with van der Waals surface area (Å²) in [5, 5.41) is 6.93. The lowest BCUT2D eigenvalue weighted by atomic mass is 9.91. The lowest BCUT2D eigenvalue weighted by Gasteiger charge is -2.18. The van der Waals surface area contributed by atoms with Gasteiger partial charge in [-0.25, -0.2) is 0 Å². The maximum absolute atomic E-state index is 12.7. The van der Waals surface area contributed by atoms with Crippen LogP contribution in [0.5, 0.6) is 0 Å². The molecular formula is C25H23N3O2. The first-order valence-electron chi connectivity index (χ1n) is 9.88. The van der Waals surface area contributed by atoms with Crippen LogP contribution in [0.25, 0.3) is 10.9 Å². The van der Waals surface area contributed by atoms with Gasteiger partial charge in [-0.1, -0.05) is 48.5 Å². The number of carbonyl (C=O) groups excluding carboxylic acids is 2. The standard InChI is InChI=1S/C25H23N3O2/c1-17(29)28-20-13-11-19(12-14-20)25(30)27-15-22(18-7-3-2-4-8-18)23-16-26-24-10-6-5-9-21(23)24/h2-14,16,22,26H,15H2,1H3,(H,27,30)(H,28,29)/t22-/m0/s1. The van der Waals surface area contributed by atoms with Crippen molar-refractivity contribution in [2.24, 2.45) is 0 Å². The van der Waals surface area contributed by atoms with Crippen LogP contribution in [0, 0.1) is 0 Å². The summed E-state index contributed by atoms with van der Waals surface area (Å²) in [4.78, 5) is 27.2. The Morgan fingerprint density at radius 1 is 0.900 bits per heavy atom. The Hall–Kier alpha value is -3.86. The lowest BCUT2D eigenvalue weighted by molar-refractivity contribution is -0.114. The highest BCUT2D eigenvalue weighted by Gasteiger charge is 2.19. The van der Waals surface area contributed by atoms with E-state index >= 15 is 0 Å². The average Bonchev–Trinajstić information content (AvgIpc) is 3.19. The summed E-state index contributed by atoms with van der Waals surface area (Å²) in [7, 11) is 0. The highest BCUT2D eigenvalue weighted by Crippen LogP contribution is 2.30. The molecular weight excluding hydrogens is 374 g/mol. The molecule has 0 aliphatic heterocycles. The quantitative estimate of drug-likeness (QED) is 0.442. The molecule has 1 heterocycles. The number of fused-ring (bicyclic) bond motifs is 1. The van der Waals surface area contributed by atoms with Crippen molar-refractivity contribution in [2.75, 3.05) is 11.9 Å². The first-order chi connectivity index (χ1) is 14.6. The Morgan fingerprint density at radius 3 is 2.33 bits per heavy atom. The Bertz CT molecular complexity index is 1160. The van der Waals surface area contributed by atoms with Crippen LogP contribution in [0.2, 0.25) is 0 Å². The van der Waals surface area contributed by atoms with Crippen LogP contribution in [0.1, 0.15) is 34.3 Å². The van der Waals surface area contributed by atoms with Gasteiger partial charge < -0.3 is 15.6 Å². The van der Waals surface area contributed by atoms with E-state index in [0.717, 1.165) is 22.0 Å². The summed E-state index contributed by atoms with van der Waals surface area (Å²) in [6.45, 7) is 1.92. The van der Waals surface area contributed by atoms with Gasteiger partial charge in [0.2, 0.25) is 5.91 Å². The summed E-state index contributed by atoms with van der Waals surface area (Å²) in [6, 6.07) is 25.2. The van der Waals surface area contributed by atoms with E-state index in [1.165, 1.54) is 6.92 Å². The van der Waals surface area contributed by atoms with E-state index < -0.39 is 0 Å². The number of amides is 2. The zero-order valence-corrected chi connectivity index (χ0v) is 16.7. The second-order valence-electron chi connectivity index (χ2n) is 7.22. The number of hydrogen-bond acceptors (Lipinski definition) is 2. The second-order valence-corrected chi connectivity index (χ2v) is 7.22. The molecule has 5 heteroatoms. The van der Waals surface area contributed by atoms with Gasteiger partial charge in [0.05, 0.1) is 0 Å². The number of benzene rings is 3. The zero-order chi connectivity index (χ0) is 20.9. The van der Waals surface area contributed by atoms with E-state index in [9.17, 15) is 9.59 Å². The predicted molar refractivity (Wildman–Crippen MR) is 120 cm³/mol. The second kappa shape index (κ2) is 8.66. The van der Waals surface area contributed by atoms with Crippen molar-refractivity contribution in [3.63, 3.8) is 0 Å². The molecule has 0 bridgehead atoms. The topological polar surface area (TPSA) is 74.0 Å². The Morgan fingerprint density at radius 2 is 1.60 bits per heavy atom. The molecule has 0 spiro atoms. The SMILES string of the molecule is CC(=O)Nc1ccc(C(=O)NC[C@@H](c2ccccc2)c2c[nH]c3ccccc23)cc1. The molecule has 0 aliphatic rings. The average molecular weight is 397 g/mol. The van der Waals surface area contributed by atoms with Gasteiger partial charge in [-0.2, -0.15) is 0 Å². The fraction of sp³-hybridized carbons (Fsp3) is 0.120. The molecule has 30 heavy (non-hydrogen) atoms. The molecule has 2 amide bonds. The highest BCUT2D eigenvalue weighted by atomic mass is 16.2. The van der Waals surface area contributed by atoms with Crippen molar-refractivity contribution in [2.45, 2.75) is 12.8 Å². The Labute approximate surface area is 175 Å². The van der Waals surface area contributed by atoms with Crippen LogP contribution < -0.4 is 10.6 Å². The minimum absolute atomic E-state index is 0.0185. The van der Waals surface area contributed by atoms with Crippen molar-refractivity contribution in [3.05, 3.63) is 102 Å². The molecule has 4 aromatic rings. The third-order valence-corrected chi connectivity index (χ3v) is 5.13. The van der Waals surface area contributed by atoms with Crippen LogP contribution in [0.3, 0.4) is 0 Å². The molecule has 0 saturated carbocycles. The maximum atomic E-state index is 12.7. The zero-order valence-electron chi connectivity index (χ0n) is 16.7. The van der Waals surface area contributed by atoms with Crippen molar-refractivity contribution < 1.29 is 9.59 Å². The van der Waals surface area contributed by atoms with Gasteiger partial charge in [0.15, 0.2) is 0 Å². The number of H-pyrrole nitrogens is 1. The molecule has 3 aromatic carbocycles. The first kappa shape index (κ1) is 19.5. The van der Waals surface area contributed by atoms with E-state index in [1.54, 1.807) is 24.3 Å². The number of carbonyl (C=O) groups is 2. The number of nitrogens with one attached hydrogen (secondary N) is 3. The highest BCUT2D eigenvalue weighted by molar-refractivity contribution is 5.95. The smallest absolute Gasteiger partial charge is 0.251 e. The van der Waals surface area contributed by atoms with Gasteiger partial charge >= 0.3 is 0 Å². The number of rotatable bonds is 6. The van der Waals surface area contributed by atoms with Crippen LogP contribution in [-0.4, -0.2) is 23.3 Å². The fourth-order valence-corrected chi connectivity index (χ4v) is 3.68. The largest absolute Gasteiger partial charge is 0.361 e. The fourth-order valence-electron chi connectivity index (χ4n) is 3.68. The van der Waals surface area contributed by atoms with Gasteiger partial charge in [0.1, 0.15) is 0 Å².